The van der Waals surface area contributed by atoms with E-state index < -0.39 is 0 Å². The molecule has 26 heavy (non-hydrogen) atoms. The minimum absolute atomic E-state index is 0.460. The van der Waals surface area contributed by atoms with Gasteiger partial charge in [0.1, 0.15) is 5.75 Å². The van der Waals surface area contributed by atoms with Crippen molar-refractivity contribution in [2.75, 3.05) is 31.6 Å². The zero-order valence-corrected chi connectivity index (χ0v) is 16.4. The lowest BCUT2D eigenvalue weighted by molar-refractivity contribution is 0.410. The highest BCUT2D eigenvalue weighted by Gasteiger charge is 2.20. The summed E-state index contributed by atoms with van der Waals surface area (Å²) in [6.45, 7) is 5.73. The van der Waals surface area contributed by atoms with Gasteiger partial charge in [0.15, 0.2) is 5.96 Å². The molecule has 1 aromatic carbocycles. The molecule has 0 atom stereocenters. The summed E-state index contributed by atoms with van der Waals surface area (Å²) < 4.78 is 5.42. The van der Waals surface area contributed by atoms with Crippen LogP contribution in [0.15, 0.2) is 46.8 Å². The summed E-state index contributed by atoms with van der Waals surface area (Å²) in [6.07, 6.45) is 2.24. The second-order valence-electron chi connectivity index (χ2n) is 6.36. The fourth-order valence-electron chi connectivity index (χ4n) is 3.21. The van der Waals surface area contributed by atoms with E-state index in [-0.39, 0.29) is 0 Å². The maximum Gasteiger partial charge on any atom is 0.191 e. The van der Waals surface area contributed by atoms with Crippen LogP contribution in [0.4, 0.5) is 5.00 Å². The number of aliphatic imine (C=N–C) groups is 1. The van der Waals surface area contributed by atoms with Crippen molar-refractivity contribution in [3.05, 3.63) is 47.3 Å². The molecule has 1 saturated heterocycles. The van der Waals surface area contributed by atoms with Crippen LogP contribution in [0, 0.1) is 0 Å². The summed E-state index contributed by atoms with van der Waals surface area (Å²) in [4.78, 5) is 7.23. The predicted octanol–water partition coefficient (Wildman–Crippen LogP) is 3.48. The Kier molecular flexibility index (Phi) is 6.77. The Morgan fingerprint density at radius 2 is 2.04 bits per heavy atom. The van der Waals surface area contributed by atoms with Gasteiger partial charge >= 0.3 is 0 Å². The van der Waals surface area contributed by atoms with Crippen LogP contribution in [0.5, 0.6) is 5.75 Å². The molecule has 6 heteroatoms. The molecule has 0 aliphatic carbocycles. The number of hydrogen-bond donors (Lipinski definition) is 2. The lowest BCUT2D eigenvalue weighted by Crippen LogP contribution is -2.48. The quantitative estimate of drug-likeness (QED) is 0.602. The molecule has 1 fully saturated rings. The number of anilines is 1. The predicted molar refractivity (Wildman–Crippen MR) is 110 cm³/mol. The SMILES string of the molecule is CCNC(=NCc1ccccc1OC)NC1CCN(c2cccs2)CC1. The molecule has 2 N–H and O–H groups in total. The lowest BCUT2D eigenvalue weighted by Gasteiger charge is -2.33. The molecule has 0 amide bonds. The highest BCUT2D eigenvalue weighted by Crippen LogP contribution is 2.24. The summed E-state index contributed by atoms with van der Waals surface area (Å²) >= 11 is 1.82. The minimum Gasteiger partial charge on any atom is -0.496 e. The van der Waals surface area contributed by atoms with Gasteiger partial charge in [0.25, 0.3) is 0 Å². The highest BCUT2D eigenvalue weighted by atomic mass is 32.1. The maximum atomic E-state index is 5.42. The number of para-hydroxylation sites is 1. The van der Waals surface area contributed by atoms with Gasteiger partial charge in [-0.05, 0) is 43.3 Å². The number of benzene rings is 1. The van der Waals surface area contributed by atoms with Crippen LogP contribution in [0.2, 0.25) is 0 Å². The largest absolute Gasteiger partial charge is 0.496 e. The molecular formula is C20H28N4OS. The van der Waals surface area contributed by atoms with Crippen LogP contribution < -0.4 is 20.3 Å². The van der Waals surface area contributed by atoms with Gasteiger partial charge in [-0.2, -0.15) is 0 Å². The molecule has 1 aliphatic heterocycles. The summed E-state index contributed by atoms with van der Waals surface area (Å²) in [5, 5.41) is 10.5. The van der Waals surface area contributed by atoms with E-state index in [1.807, 2.05) is 29.5 Å². The Labute approximate surface area is 160 Å². The third-order valence-corrected chi connectivity index (χ3v) is 5.53. The lowest BCUT2D eigenvalue weighted by atomic mass is 10.1. The standard InChI is InChI=1S/C20H28N4OS/c1-3-21-20(22-15-16-7-4-5-8-18(16)25-2)23-17-10-12-24(13-11-17)19-9-6-14-26-19/h4-9,14,17H,3,10-13,15H2,1-2H3,(H2,21,22,23). The molecule has 1 aromatic heterocycles. The third kappa shape index (κ3) is 4.91. The Hall–Kier alpha value is -2.21. The van der Waals surface area contributed by atoms with Gasteiger partial charge in [-0.25, -0.2) is 4.99 Å². The van der Waals surface area contributed by atoms with E-state index in [2.05, 4.69) is 46.0 Å². The number of hydrogen-bond acceptors (Lipinski definition) is 4. The van der Waals surface area contributed by atoms with Crippen molar-refractivity contribution in [2.24, 2.45) is 4.99 Å². The first-order valence-corrected chi connectivity index (χ1v) is 10.1. The van der Waals surface area contributed by atoms with Crippen LogP contribution in [0.25, 0.3) is 0 Å². The van der Waals surface area contributed by atoms with Crippen molar-refractivity contribution in [3.63, 3.8) is 0 Å². The van der Waals surface area contributed by atoms with Crippen molar-refractivity contribution >= 4 is 22.3 Å². The number of methoxy groups -OCH3 is 1. The second-order valence-corrected chi connectivity index (χ2v) is 7.29. The van der Waals surface area contributed by atoms with Crippen LogP contribution in [0.3, 0.4) is 0 Å². The zero-order valence-electron chi connectivity index (χ0n) is 15.6. The van der Waals surface area contributed by atoms with Crippen LogP contribution >= 0.6 is 11.3 Å². The van der Waals surface area contributed by atoms with Gasteiger partial charge in [-0.15, -0.1) is 11.3 Å². The molecule has 0 spiro atoms. The number of nitrogens with one attached hydrogen (secondary N) is 2. The maximum absolute atomic E-state index is 5.42. The fraction of sp³-hybridized carbons (Fsp3) is 0.450. The summed E-state index contributed by atoms with van der Waals surface area (Å²) in [5.41, 5.74) is 1.10. The molecule has 2 aromatic rings. The van der Waals surface area contributed by atoms with E-state index in [1.165, 1.54) is 5.00 Å². The average Bonchev–Trinajstić information content (AvgIpc) is 3.22. The number of thiophene rings is 1. The molecule has 0 bridgehead atoms. The minimum atomic E-state index is 0.460. The topological polar surface area (TPSA) is 48.9 Å². The van der Waals surface area contributed by atoms with Crippen molar-refractivity contribution in [2.45, 2.75) is 32.4 Å². The smallest absolute Gasteiger partial charge is 0.191 e. The van der Waals surface area contributed by atoms with Gasteiger partial charge in [-0.3, -0.25) is 0 Å². The summed E-state index contributed by atoms with van der Waals surface area (Å²) in [6, 6.07) is 12.8. The van der Waals surface area contributed by atoms with E-state index in [0.29, 0.717) is 12.6 Å². The molecule has 0 saturated carbocycles. The van der Waals surface area contributed by atoms with Gasteiger partial charge in [0.05, 0.1) is 18.7 Å². The molecule has 0 unspecified atom stereocenters. The first-order chi connectivity index (χ1) is 12.8. The fourth-order valence-corrected chi connectivity index (χ4v) is 3.99. The van der Waals surface area contributed by atoms with E-state index in [0.717, 1.165) is 49.7 Å². The number of guanidine groups is 1. The van der Waals surface area contributed by atoms with Crippen molar-refractivity contribution in [1.82, 2.24) is 10.6 Å². The van der Waals surface area contributed by atoms with Gasteiger partial charge in [-0.1, -0.05) is 18.2 Å². The first-order valence-electron chi connectivity index (χ1n) is 9.25. The van der Waals surface area contributed by atoms with Crippen molar-refractivity contribution in [3.8, 4) is 5.75 Å². The van der Waals surface area contributed by atoms with E-state index in [1.54, 1.807) is 7.11 Å². The molecule has 1 aliphatic rings. The Morgan fingerprint density at radius 3 is 2.73 bits per heavy atom. The summed E-state index contributed by atoms with van der Waals surface area (Å²) in [7, 11) is 1.70. The van der Waals surface area contributed by atoms with Gasteiger partial charge < -0.3 is 20.3 Å². The average molecular weight is 373 g/mol. The molecule has 2 heterocycles. The number of rotatable bonds is 6. The molecular weight excluding hydrogens is 344 g/mol. The monoisotopic (exact) mass is 372 g/mol. The van der Waals surface area contributed by atoms with Crippen molar-refractivity contribution in [1.29, 1.82) is 0 Å². The second kappa shape index (κ2) is 9.48. The first kappa shape index (κ1) is 18.6. The molecule has 3 rings (SSSR count). The molecule has 140 valence electrons. The Morgan fingerprint density at radius 1 is 1.23 bits per heavy atom. The van der Waals surface area contributed by atoms with Crippen LogP contribution in [-0.4, -0.2) is 38.7 Å². The summed E-state index contributed by atoms with van der Waals surface area (Å²) in [5.74, 6) is 1.77. The van der Waals surface area contributed by atoms with E-state index in [9.17, 15) is 0 Å². The Balaban J connectivity index is 1.56. The number of ether oxygens (including phenoxy) is 1. The molecule has 5 nitrogen and oxygen atoms in total. The highest BCUT2D eigenvalue weighted by molar-refractivity contribution is 7.14. The van der Waals surface area contributed by atoms with Crippen LogP contribution in [0.1, 0.15) is 25.3 Å². The number of piperidine rings is 1. The number of nitrogens with zero attached hydrogens (tertiary/aromatic N) is 2. The van der Waals surface area contributed by atoms with Gasteiger partial charge in [0.2, 0.25) is 0 Å². The third-order valence-electron chi connectivity index (χ3n) is 4.60. The van der Waals surface area contributed by atoms with E-state index >= 15 is 0 Å². The van der Waals surface area contributed by atoms with Crippen LogP contribution in [-0.2, 0) is 6.54 Å². The normalized spacial score (nSPS) is 15.8. The molecule has 0 radical (unpaired) electrons. The Bertz CT molecular complexity index is 694. The van der Waals surface area contributed by atoms with E-state index in [4.69, 9.17) is 9.73 Å². The van der Waals surface area contributed by atoms with Gasteiger partial charge in [0, 0.05) is 31.2 Å². The zero-order chi connectivity index (χ0) is 18.2. The van der Waals surface area contributed by atoms with Crippen molar-refractivity contribution < 1.29 is 4.74 Å².